The molecule has 82 valence electrons. The number of rotatable bonds is 2. The van der Waals surface area contributed by atoms with Crippen molar-refractivity contribution in [3.05, 3.63) is 0 Å². The van der Waals surface area contributed by atoms with Gasteiger partial charge in [-0.05, 0) is 25.3 Å². The number of halogens is 3. The third kappa shape index (κ3) is 3.53. The number of aliphatic carboxylic acids is 1. The van der Waals surface area contributed by atoms with Gasteiger partial charge in [0.15, 0.2) is 0 Å². The van der Waals surface area contributed by atoms with Crippen molar-refractivity contribution in [1.29, 1.82) is 0 Å². The number of alkyl halides is 3. The Morgan fingerprint density at radius 1 is 1.50 bits per heavy atom. The number of piperidine rings is 1. The molecule has 2 atom stereocenters. The van der Waals surface area contributed by atoms with Crippen molar-refractivity contribution in [1.82, 2.24) is 5.32 Å². The molecule has 1 heterocycles. The lowest BCUT2D eigenvalue weighted by molar-refractivity contribution is -0.151. The third-order valence-electron chi connectivity index (χ3n) is 2.33. The lowest BCUT2D eigenvalue weighted by Crippen LogP contribution is -2.44. The van der Waals surface area contributed by atoms with Gasteiger partial charge in [0, 0.05) is 6.42 Å². The van der Waals surface area contributed by atoms with Crippen LogP contribution in [0.3, 0.4) is 0 Å². The zero-order valence-electron chi connectivity index (χ0n) is 7.47. The molecule has 6 heteroatoms. The van der Waals surface area contributed by atoms with Crippen LogP contribution in [0.4, 0.5) is 13.2 Å². The summed E-state index contributed by atoms with van der Waals surface area (Å²) in [6.07, 6.45) is -4.61. The molecule has 1 aliphatic rings. The Bertz CT molecular complexity index is 217. The molecule has 0 amide bonds. The number of hydrogen-bond acceptors (Lipinski definition) is 2. The van der Waals surface area contributed by atoms with Crippen molar-refractivity contribution < 1.29 is 23.1 Å². The van der Waals surface area contributed by atoms with Crippen LogP contribution < -0.4 is 5.32 Å². The van der Waals surface area contributed by atoms with E-state index in [0.717, 1.165) is 0 Å². The average Bonchev–Trinajstić information content (AvgIpc) is 2.01. The van der Waals surface area contributed by atoms with Gasteiger partial charge in [-0.3, -0.25) is 4.79 Å². The molecule has 0 aromatic heterocycles. The number of carboxylic acids is 1. The molecule has 0 aromatic carbocycles. The second kappa shape index (κ2) is 4.16. The summed E-state index contributed by atoms with van der Waals surface area (Å²) >= 11 is 0. The zero-order chi connectivity index (χ0) is 10.8. The fraction of sp³-hybridized carbons (Fsp3) is 0.875. The molecule has 0 aliphatic carbocycles. The number of carbonyl (C=O) groups is 1. The molecule has 1 fully saturated rings. The van der Waals surface area contributed by atoms with Crippen LogP contribution in [-0.4, -0.2) is 29.8 Å². The summed E-state index contributed by atoms with van der Waals surface area (Å²) in [6, 6.07) is -0.823. The quantitative estimate of drug-likeness (QED) is 0.725. The Morgan fingerprint density at radius 3 is 2.64 bits per heavy atom. The van der Waals surface area contributed by atoms with Crippen LogP contribution in [0.2, 0.25) is 0 Å². The second-order valence-corrected chi connectivity index (χ2v) is 3.55. The fourth-order valence-electron chi connectivity index (χ4n) is 1.70. The molecule has 14 heavy (non-hydrogen) atoms. The topological polar surface area (TPSA) is 49.3 Å². The van der Waals surface area contributed by atoms with E-state index in [9.17, 15) is 18.0 Å². The van der Waals surface area contributed by atoms with Crippen LogP contribution in [0.25, 0.3) is 0 Å². The van der Waals surface area contributed by atoms with Gasteiger partial charge in [0.25, 0.3) is 0 Å². The molecule has 2 unspecified atom stereocenters. The number of hydrogen-bond donors (Lipinski definition) is 2. The van der Waals surface area contributed by atoms with Crippen molar-refractivity contribution >= 4 is 5.97 Å². The summed E-state index contributed by atoms with van der Waals surface area (Å²) in [6.45, 7) is 0.345. The van der Waals surface area contributed by atoms with Gasteiger partial charge in [-0.1, -0.05) is 0 Å². The predicted molar refractivity (Wildman–Crippen MR) is 42.8 cm³/mol. The van der Waals surface area contributed by atoms with Crippen LogP contribution >= 0.6 is 0 Å². The molecule has 1 aliphatic heterocycles. The van der Waals surface area contributed by atoms with E-state index in [0.29, 0.717) is 13.0 Å². The number of nitrogens with one attached hydrogen (secondary N) is 1. The summed E-state index contributed by atoms with van der Waals surface area (Å²) in [7, 11) is 0. The van der Waals surface area contributed by atoms with Gasteiger partial charge in [0.05, 0.1) is 0 Å². The first-order valence-electron chi connectivity index (χ1n) is 4.41. The molecule has 0 saturated carbocycles. The van der Waals surface area contributed by atoms with E-state index in [1.807, 2.05) is 0 Å². The average molecular weight is 211 g/mol. The van der Waals surface area contributed by atoms with Crippen LogP contribution in [0.15, 0.2) is 0 Å². The van der Waals surface area contributed by atoms with Gasteiger partial charge >= 0.3 is 12.1 Å². The molecule has 0 bridgehead atoms. The highest BCUT2D eigenvalue weighted by Gasteiger charge is 2.35. The highest BCUT2D eigenvalue weighted by atomic mass is 19.4. The third-order valence-corrected chi connectivity index (χ3v) is 2.33. The van der Waals surface area contributed by atoms with Crippen LogP contribution in [-0.2, 0) is 4.79 Å². The Labute approximate surface area is 79.3 Å². The maximum absolute atomic E-state index is 12.0. The SMILES string of the molecule is O=C(O)C1CC(CC(F)(F)F)CCN1. The zero-order valence-corrected chi connectivity index (χ0v) is 7.47. The molecule has 0 radical (unpaired) electrons. The molecular weight excluding hydrogens is 199 g/mol. The highest BCUT2D eigenvalue weighted by Crippen LogP contribution is 2.30. The van der Waals surface area contributed by atoms with E-state index >= 15 is 0 Å². The van der Waals surface area contributed by atoms with Crippen LogP contribution in [0.5, 0.6) is 0 Å². The van der Waals surface area contributed by atoms with Crippen molar-refractivity contribution in [2.75, 3.05) is 6.54 Å². The Balaban J connectivity index is 2.44. The minimum atomic E-state index is -4.19. The first-order valence-corrected chi connectivity index (χ1v) is 4.41. The minimum Gasteiger partial charge on any atom is -0.480 e. The summed E-state index contributed by atoms with van der Waals surface area (Å²) in [5, 5.41) is 11.3. The minimum absolute atomic E-state index is 0.0643. The highest BCUT2D eigenvalue weighted by molar-refractivity contribution is 5.73. The lowest BCUT2D eigenvalue weighted by Gasteiger charge is -2.28. The van der Waals surface area contributed by atoms with E-state index in [1.165, 1.54) is 0 Å². The fourth-order valence-corrected chi connectivity index (χ4v) is 1.70. The van der Waals surface area contributed by atoms with Gasteiger partial charge in [0.1, 0.15) is 6.04 Å². The predicted octanol–water partition coefficient (Wildman–Crippen LogP) is 1.39. The summed E-state index contributed by atoms with van der Waals surface area (Å²) < 4.78 is 36.0. The molecule has 0 aromatic rings. The summed E-state index contributed by atoms with van der Waals surface area (Å²) in [4.78, 5) is 10.5. The molecule has 3 nitrogen and oxygen atoms in total. The normalized spacial score (nSPS) is 28.8. The van der Waals surface area contributed by atoms with Gasteiger partial charge in [-0.15, -0.1) is 0 Å². The summed E-state index contributed by atoms with van der Waals surface area (Å²) in [5.74, 6) is -1.63. The smallest absolute Gasteiger partial charge is 0.389 e. The van der Waals surface area contributed by atoms with Crippen molar-refractivity contribution in [2.45, 2.75) is 31.5 Å². The second-order valence-electron chi connectivity index (χ2n) is 3.55. The molecule has 1 saturated heterocycles. The standard InChI is InChI=1S/C8H12F3NO2/c9-8(10,11)4-5-1-2-12-6(3-5)7(13)14/h5-6,12H,1-4H2,(H,13,14). The van der Waals surface area contributed by atoms with Crippen LogP contribution in [0.1, 0.15) is 19.3 Å². The van der Waals surface area contributed by atoms with Gasteiger partial charge in [-0.2, -0.15) is 13.2 Å². The van der Waals surface area contributed by atoms with E-state index in [4.69, 9.17) is 5.11 Å². The first kappa shape index (κ1) is 11.3. The van der Waals surface area contributed by atoms with Crippen molar-refractivity contribution in [2.24, 2.45) is 5.92 Å². The Kier molecular flexibility index (Phi) is 3.36. The molecule has 0 spiro atoms. The van der Waals surface area contributed by atoms with E-state index in [2.05, 4.69) is 5.32 Å². The van der Waals surface area contributed by atoms with E-state index in [1.54, 1.807) is 0 Å². The largest absolute Gasteiger partial charge is 0.480 e. The van der Waals surface area contributed by atoms with E-state index < -0.39 is 30.5 Å². The van der Waals surface area contributed by atoms with Gasteiger partial charge in [0.2, 0.25) is 0 Å². The Morgan fingerprint density at radius 2 is 2.14 bits per heavy atom. The summed E-state index contributed by atoms with van der Waals surface area (Å²) in [5.41, 5.74) is 0. The lowest BCUT2D eigenvalue weighted by atomic mass is 9.89. The maximum atomic E-state index is 12.0. The van der Waals surface area contributed by atoms with Crippen molar-refractivity contribution in [3.8, 4) is 0 Å². The molecule has 1 rings (SSSR count). The first-order chi connectivity index (χ1) is 6.38. The Hall–Kier alpha value is -0.780. The monoisotopic (exact) mass is 211 g/mol. The maximum Gasteiger partial charge on any atom is 0.389 e. The van der Waals surface area contributed by atoms with Gasteiger partial charge < -0.3 is 10.4 Å². The molecule has 2 N–H and O–H groups in total. The van der Waals surface area contributed by atoms with Crippen LogP contribution in [0, 0.1) is 5.92 Å². The molecular formula is C8H12F3NO2. The van der Waals surface area contributed by atoms with Gasteiger partial charge in [-0.25, -0.2) is 0 Å². The van der Waals surface area contributed by atoms with Crippen molar-refractivity contribution in [3.63, 3.8) is 0 Å². The van der Waals surface area contributed by atoms with E-state index in [-0.39, 0.29) is 6.42 Å². The number of carboxylic acid groups (broad SMARTS) is 1.